The zero-order chi connectivity index (χ0) is 12.1. The van der Waals surface area contributed by atoms with Gasteiger partial charge in [-0.15, -0.1) is 0 Å². The van der Waals surface area contributed by atoms with Crippen LogP contribution in [0, 0.1) is 5.92 Å². The van der Waals surface area contributed by atoms with E-state index in [0.717, 1.165) is 0 Å². The fraction of sp³-hybridized carbons (Fsp3) is 0.750. The van der Waals surface area contributed by atoms with E-state index >= 15 is 0 Å². The molecule has 0 aromatic carbocycles. The van der Waals surface area contributed by atoms with Gasteiger partial charge in [0.1, 0.15) is 0 Å². The zero-order valence-electron chi connectivity index (χ0n) is 8.10. The van der Waals surface area contributed by atoms with Gasteiger partial charge in [-0.3, -0.25) is 9.59 Å². The van der Waals surface area contributed by atoms with E-state index in [2.05, 4.69) is 0 Å². The Morgan fingerprint density at radius 2 is 1.93 bits per heavy atom. The molecule has 0 saturated carbocycles. The monoisotopic (exact) mass is 227 g/mol. The molecule has 0 bridgehead atoms. The first-order chi connectivity index (χ1) is 6.77. The van der Waals surface area contributed by atoms with Gasteiger partial charge in [-0.2, -0.15) is 13.2 Å². The Labute approximate surface area is 84.5 Å². The molecule has 2 N–H and O–H groups in total. The Bertz CT molecular complexity index is 240. The standard InChI is InChI=1S/C8H12F3NO3/c1-2-5(3-6(13)14)4-12-7(15)8(9,10)11/h5H,2-4H2,1H3,(H,12,15)(H,13,14). The summed E-state index contributed by atoms with van der Waals surface area (Å²) in [6.07, 6.45) is -4.78. The number of carbonyl (C=O) groups is 2. The summed E-state index contributed by atoms with van der Waals surface area (Å²) in [7, 11) is 0. The van der Waals surface area contributed by atoms with Crippen molar-refractivity contribution in [2.75, 3.05) is 6.54 Å². The van der Waals surface area contributed by atoms with Crippen LogP contribution < -0.4 is 5.32 Å². The lowest BCUT2D eigenvalue weighted by molar-refractivity contribution is -0.173. The Hall–Kier alpha value is -1.27. The summed E-state index contributed by atoms with van der Waals surface area (Å²) >= 11 is 0. The van der Waals surface area contributed by atoms with Gasteiger partial charge in [0.2, 0.25) is 0 Å². The van der Waals surface area contributed by atoms with Crippen molar-refractivity contribution in [1.29, 1.82) is 0 Å². The van der Waals surface area contributed by atoms with Gasteiger partial charge in [0.25, 0.3) is 0 Å². The van der Waals surface area contributed by atoms with Crippen molar-refractivity contribution in [3.8, 4) is 0 Å². The highest BCUT2D eigenvalue weighted by Gasteiger charge is 2.38. The molecule has 0 aromatic heterocycles. The molecule has 0 spiro atoms. The highest BCUT2D eigenvalue weighted by molar-refractivity contribution is 5.81. The maximum absolute atomic E-state index is 11.7. The molecule has 0 aliphatic rings. The number of nitrogens with one attached hydrogen (secondary N) is 1. The van der Waals surface area contributed by atoms with Gasteiger partial charge in [-0.1, -0.05) is 13.3 Å². The maximum atomic E-state index is 11.7. The first-order valence-corrected chi connectivity index (χ1v) is 4.34. The minimum absolute atomic E-state index is 0.255. The zero-order valence-corrected chi connectivity index (χ0v) is 8.10. The Morgan fingerprint density at radius 3 is 2.27 bits per heavy atom. The second-order valence-corrected chi connectivity index (χ2v) is 3.08. The van der Waals surface area contributed by atoms with E-state index in [9.17, 15) is 22.8 Å². The normalized spacial score (nSPS) is 13.3. The molecule has 0 fully saturated rings. The molecule has 1 unspecified atom stereocenters. The molecule has 1 atom stereocenters. The van der Waals surface area contributed by atoms with Crippen molar-refractivity contribution < 1.29 is 27.9 Å². The average molecular weight is 227 g/mol. The van der Waals surface area contributed by atoms with Crippen LogP contribution in [-0.4, -0.2) is 29.7 Å². The number of amides is 1. The van der Waals surface area contributed by atoms with Crippen LogP contribution in [0.3, 0.4) is 0 Å². The number of hydrogen-bond acceptors (Lipinski definition) is 2. The summed E-state index contributed by atoms with van der Waals surface area (Å²) in [5, 5.41) is 10.1. The smallest absolute Gasteiger partial charge is 0.471 e. The largest absolute Gasteiger partial charge is 0.481 e. The number of alkyl halides is 3. The van der Waals surface area contributed by atoms with Crippen LogP contribution in [0.1, 0.15) is 19.8 Å². The molecule has 0 aliphatic heterocycles. The van der Waals surface area contributed by atoms with E-state index in [-0.39, 0.29) is 13.0 Å². The van der Waals surface area contributed by atoms with Crippen molar-refractivity contribution in [1.82, 2.24) is 5.32 Å². The third kappa shape index (κ3) is 5.92. The van der Waals surface area contributed by atoms with E-state index in [4.69, 9.17) is 5.11 Å². The van der Waals surface area contributed by atoms with Crippen molar-refractivity contribution in [2.45, 2.75) is 25.9 Å². The Morgan fingerprint density at radius 1 is 1.40 bits per heavy atom. The lowest BCUT2D eigenvalue weighted by Crippen LogP contribution is -2.39. The topological polar surface area (TPSA) is 66.4 Å². The molecule has 7 heteroatoms. The van der Waals surface area contributed by atoms with Gasteiger partial charge in [0.15, 0.2) is 0 Å². The van der Waals surface area contributed by atoms with Gasteiger partial charge >= 0.3 is 18.1 Å². The third-order valence-electron chi connectivity index (χ3n) is 1.85. The van der Waals surface area contributed by atoms with Crippen LogP contribution in [0.25, 0.3) is 0 Å². The highest BCUT2D eigenvalue weighted by Crippen LogP contribution is 2.15. The third-order valence-corrected chi connectivity index (χ3v) is 1.85. The van der Waals surface area contributed by atoms with Gasteiger partial charge in [-0.25, -0.2) is 0 Å². The first kappa shape index (κ1) is 13.7. The van der Waals surface area contributed by atoms with Gasteiger partial charge < -0.3 is 10.4 Å². The lowest BCUT2D eigenvalue weighted by atomic mass is 10.0. The molecule has 0 rings (SSSR count). The molecule has 0 radical (unpaired) electrons. The summed E-state index contributed by atoms with van der Waals surface area (Å²) in [5.41, 5.74) is 0. The van der Waals surface area contributed by atoms with Crippen molar-refractivity contribution in [3.63, 3.8) is 0 Å². The number of rotatable bonds is 5. The van der Waals surface area contributed by atoms with E-state index in [0.29, 0.717) is 6.42 Å². The molecular formula is C8H12F3NO3. The lowest BCUT2D eigenvalue weighted by Gasteiger charge is -2.14. The summed E-state index contributed by atoms with van der Waals surface area (Å²) in [5.74, 6) is -3.61. The predicted molar refractivity (Wildman–Crippen MR) is 45.1 cm³/mol. The first-order valence-electron chi connectivity index (χ1n) is 4.34. The molecular weight excluding hydrogens is 215 g/mol. The minimum atomic E-state index is -4.92. The average Bonchev–Trinajstić information content (AvgIpc) is 2.09. The van der Waals surface area contributed by atoms with E-state index < -0.39 is 24.0 Å². The Balaban J connectivity index is 4.01. The van der Waals surface area contributed by atoms with Crippen molar-refractivity contribution in [2.24, 2.45) is 5.92 Å². The number of hydrogen-bond donors (Lipinski definition) is 2. The summed E-state index contributed by atoms with van der Waals surface area (Å²) in [4.78, 5) is 20.7. The second-order valence-electron chi connectivity index (χ2n) is 3.08. The van der Waals surface area contributed by atoms with Crippen LogP contribution in [0.4, 0.5) is 13.2 Å². The number of halogens is 3. The number of carboxylic acid groups (broad SMARTS) is 1. The van der Waals surface area contributed by atoms with Crippen LogP contribution in [0.5, 0.6) is 0 Å². The Kier molecular flexibility index (Phi) is 5.10. The van der Waals surface area contributed by atoms with Gasteiger partial charge in [0, 0.05) is 13.0 Å². The molecule has 0 aliphatic carbocycles. The summed E-state index contributed by atoms with van der Waals surface area (Å²) < 4.78 is 35.2. The molecule has 88 valence electrons. The molecule has 4 nitrogen and oxygen atoms in total. The molecule has 1 amide bonds. The van der Waals surface area contributed by atoms with E-state index in [1.165, 1.54) is 0 Å². The van der Waals surface area contributed by atoms with E-state index in [1.807, 2.05) is 0 Å². The predicted octanol–water partition coefficient (Wildman–Crippen LogP) is 1.17. The summed E-state index contributed by atoms with van der Waals surface area (Å²) in [6.45, 7) is 1.37. The van der Waals surface area contributed by atoms with Crippen molar-refractivity contribution >= 4 is 11.9 Å². The molecule has 0 aromatic rings. The second kappa shape index (κ2) is 5.57. The van der Waals surface area contributed by atoms with Crippen LogP contribution >= 0.6 is 0 Å². The fourth-order valence-corrected chi connectivity index (χ4v) is 0.945. The minimum Gasteiger partial charge on any atom is -0.481 e. The van der Waals surface area contributed by atoms with Crippen LogP contribution in [-0.2, 0) is 9.59 Å². The van der Waals surface area contributed by atoms with Crippen LogP contribution in [0.2, 0.25) is 0 Å². The number of aliphatic carboxylic acids is 1. The van der Waals surface area contributed by atoms with Crippen molar-refractivity contribution in [3.05, 3.63) is 0 Å². The molecule has 0 heterocycles. The fourth-order valence-electron chi connectivity index (χ4n) is 0.945. The highest BCUT2D eigenvalue weighted by atomic mass is 19.4. The maximum Gasteiger partial charge on any atom is 0.471 e. The molecule has 0 saturated heterocycles. The summed E-state index contributed by atoms with van der Waals surface area (Å²) in [6, 6.07) is 0. The van der Waals surface area contributed by atoms with E-state index in [1.54, 1.807) is 12.2 Å². The quantitative estimate of drug-likeness (QED) is 0.740. The number of carboxylic acids is 1. The van der Waals surface area contributed by atoms with Gasteiger partial charge in [0.05, 0.1) is 0 Å². The van der Waals surface area contributed by atoms with Crippen LogP contribution in [0.15, 0.2) is 0 Å². The molecule has 15 heavy (non-hydrogen) atoms. The van der Waals surface area contributed by atoms with Gasteiger partial charge in [-0.05, 0) is 5.92 Å². The SMILES string of the molecule is CCC(CNC(=O)C(F)(F)F)CC(=O)O. The number of carbonyl (C=O) groups excluding carboxylic acids is 1.